The first-order valence-corrected chi connectivity index (χ1v) is 11.0. The topological polar surface area (TPSA) is 66.5 Å². The third kappa shape index (κ3) is 5.18. The molecule has 2 aromatic carbocycles. The van der Waals surface area contributed by atoms with Gasteiger partial charge in [0.1, 0.15) is 0 Å². The van der Waals surface area contributed by atoms with Gasteiger partial charge in [0, 0.05) is 23.1 Å². The van der Waals surface area contributed by atoms with Crippen molar-refractivity contribution in [3.8, 4) is 0 Å². The van der Waals surface area contributed by atoms with E-state index in [1.807, 2.05) is 31.2 Å². The minimum absolute atomic E-state index is 0.114. The molecule has 0 aliphatic heterocycles. The van der Waals surface area contributed by atoms with Crippen LogP contribution in [0.2, 0.25) is 0 Å². The smallest absolute Gasteiger partial charge is 0.251 e. The standard InChI is InChI=1S/C20H25BrN2O3S/c1-5-19(15-9-11-17(21)12-10-15)22-20(24)16-7-6-8-18(13-16)27(25,26)23(4)14(2)3/h6-14,19H,5H2,1-4H3,(H,22,24). The minimum Gasteiger partial charge on any atom is -0.345 e. The first kappa shape index (κ1) is 21.6. The van der Waals surface area contributed by atoms with Crippen molar-refractivity contribution in [2.45, 2.75) is 44.2 Å². The van der Waals surface area contributed by atoms with Crippen LogP contribution in [0.15, 0.2) is 57.9 Å². The van der Waals surface area contributed by atoms with E-state index in [0.717, 1.165) is 16.5 Å². The van der Waals surface area contributed by atoms with Gasteiger partial charge in [-0.25, -0.2) is 8.42 Å². The minimum atomic E-state index is -3.64. The summed E-state index contributed by atoms with van der Waals surface area (Å²) < 4.78 is 27.6. The van der Waals surface area contributed by atoms with Crippen molar-refractivity contribution < 1.29 is 13.2 Å². The number of hydrogen-bond acceptors (Lipinski definition) is 3. The average molecular weight is 453 g/mol. The zero-order valence-corrected chi connectivity index (χ0v) is 18.3. The molecule has 0 bridgehead atoms. The van der Waals surface area contributed by atoms with Crippen LogP contribution in [0, 0.1) is 0 Å². The monoisotopic (exact) mass is 452 g/mol. The summed E-state index contributed by atoms with van der Waals surface area (Å²) in [5.74, 6) is -0.297. The van der Waals surface area contributed by atoms with Crippen LogP contribution in [0.3, 0.4) is 0 Å². The van der Waals surface area contributed by atoms with E-state index in [0.29, 0.717) is 5.56 Å². The maximum Gasteiger partial charge on any atom is 0.251 e. The summed E-state index contributed by atoms with van der Waals surface area (Å²) in [4.78, 5) is 12.8. The number of carbonyl (C=O) groups excluding carboxylic acids is 1. The fraction of sp³-hybridized carbons (Fsp3) is 0.350. The van der Waals surface area contributed by atoms with Crippen LogP contribution in [-0.4, -0.2) is 31.7 Å². The summed E-state index contributed by atoms with van der Waals surface area (Å²) in [6, 6.07) is 13.6. The number of amides is 1. The molecule has 7 heteroatoms. The van der Waals surface area contributed by atoms with Crippen LogP contribution in [-0.2, 0) is 10.0 Å². The van der Waals surface area contributed by atoms with Crippen LogP contribution in [0.1, 0.15) is 49.2 Å². The molecular formula is C20H25BrN2O3S. The van der Waals surface area contributed by atoms with Crippen LogP contribution >= 0.6 is 15.9 Å². The molecule has 0 aliphatic carbocycles. The number of carbonyl (C=O) groups is 1. The molecule has 0 saturated carbocycles. The molecular weight excluding hydrogens is 428 g/mol. The van der Waals surface area contributed by atoms with Crippen LogP contribution < -0.4 is 5.32 Å². The van der Waals surface area contributed by atoms with Crippen molar-refractivity contribution in [3.05, 3.63) is 64.1 Å². The molecule has 5 nitrogen and oxygen atoms in total. The molecule has 0 aromatic heterocycles. The van der Waals surface area contributed by atoms with Crippen molar-refractivity contribution >= 4 is 31.9 Å². The summed E-state index contributed by atoms with van der Waals surface area (Å²) in [6.07, 6.45) is 0.724. The number of rotatable bonds is 7. The quantitative estimate of drug-likeness (QED) is 0.678. The Bertz CT molecular complexity index is 896. The molecule has 0 fully saturated rings. The Kier molecular flexibility index (Phi) is 7.19. The number of nitrogens with zero attached hydrogens (tertiary/aromatic N) is 1. The van der Waals surface area contributed by atoms with Gasteiger partial charge >= 0.3 is 0 Å². The molecule has 1 unspecified atom stereocenters. The number of hydrogen-bond donors (Lipinski definition) is 1. The predicted octanol–water partition coefficient (Wildman–Crippen LogP) is 4.36. The Morgan fingerprint density at radius 3 is 2.33 bits per heavy atom. The molecule has 2 aromatic rings. The third-order valence-corrected chi connectivity index (χ3v) is 7.04. The zero-order chi connectivity index (χ0) is 20.2. The van der Waals surface area contributed by atoms with Gasteiger partial charge in [0.05, 0.1) is 10.9 Å². The van der Waals surface area contributed by atoms with E-state index in [2.05, 4.69) is 21.2 Å². The lowest BCUT2D eigenvalue weighted by Gasteiger charge is -2.21. The molecule has 0 saturated heterocycles. The molecule has 0 radical (unpaired) electrons. The first-order valence-electron chi connectivity index (χ1n) is 8.81. The normalized spacial score (nSPS) is 13.0. The second kappa shape index (κ2) is 8.99. The Hall–Kier alpha value is -1.70. The highest BCUT2D eigenvalue weighted by atomic mass is 79.9. The summed E-state index contributed by atoms with van der Waals surface area (Å²) in [6.45, 7) is 5.60. The van der Waals surface area contributed by atoms with Crippen molar-refractivity contribution in [3.63, 3.8) is 0 Å². The summed E-state index contributed by atoms with van der Waals surface area (Å²) in [7, 11) is -2.10. The van der Waals surface area contributed by atoms with Crippen molar-refractivity contribution in [1.82, 2.24) is 9.62 Å². The third-order valence-electron chi connectivity index (χ3n) is 4.49. The van der Waals surface area contributed by atoms with Crippen molar-refractivity contribution in [1.29, 1.82) is 0 Å². The lowest BCUT2D eigenvalue weighted by atomic mass is 10.0. The molecule has 1 amide bonds. The van der Waals surface area contributed by atoms with Gasteiger partial charge in [-0.3, -0.25) is 4.79 Å². The molecule has 146 valence electrons. The number of sulfonamides is 1. The van der Waals surface area contributed by atoms with E-state index >= 15 is 0 Å². The SMILES string of the molecule is CCC(NC(=O)c1cccc(S(=O)(=O)N(C)C(C)C)c1)c1ccc(Br)cc1. The Labute approximate surface area is 170 Å². The lowest BCUT2D eigenvalue weighted by Crippen LogP contribution is -2.33. The van der Waals surface area contributed by atoms with Gasteiger partial charge in [-0.15, -0.1) is 0 Å². The highest BCUT2D eigenvalue weighted by Gasteiger charge is 2.24. The van der Waals surface area contributed by atoms with Gasteiger partial charge in [0.2, 0.25) is 10.0 Å². The van der Waals surface area contributed by atoms with Gasteiger partial charge in [-0.2, -0.15) is 4.31 Å². The van der Waals surface area contributed by atoms with Gasteiger partial charge in [-0.05, 0) is 56.2 Å². The van der Waals surface area contributed by atoms with Gasteiger partial charge in [0.15, 0.2) is 0 Å². The number of nitrogens with one attached hydrogen (secondary N) is 1. The second-order valence-electron chi connectivity index (χ2n) is 6.63. The predicted molar refractivity (Wildman–Crippen MR) is 111 cm³/mol. The van der Waals surface area contributed by atoms with Crippen molar-refractivity contribution in [2.75, 3.05) is 7.05 Å². The molecule has 27 heavy (non-hydrogen) atoms. The lowest BCUT2D eigenvalue weighted by molar-refractivity contribution is 0.0935. The molecule has 0 aliphatic rings. The number of benzene rings is 2. The van der Waals surface area contributed by atoms with Crippen LogP contribution in [0.25, 0.3) is 0 Å². The highest BCUT2D eigenvalue weighted by molar-refractivity contribution is 9.10. The van der Waals surface area contributed by atoms with Gasteiger partial charge in [-0.1, -0.05) is 41.1 Å². The van der Waals surface area contributed by atoms with E-state index < -0.39 is 10.0 Å². The fourth-order valence-corrected chi connectivity index (χ4v) is 4.28. The van der Waals surface area contributed by atoms with Gasteiger partial charge in [0.25, 0.3) is 5.91 Å². The van der Waals surface area contributed by atoms with E-state index in [4.69, 9.17) is 0 Å². The second-order valence-corrected chi connectivity index (χ2v) is 9.54. The maximum absolute atomic E-state index is 12.7. The molecule has 0 heterocycles. The molecule has 0 spiro atoms. The molecule has 1 N–H and O–H groups in total. The zero-order valence-electron chi connectivity index (χ0n) is 15.9. The summed E-state index contributed by atoms with van der Waals surface area (Å²) >= 11 is 3.40. The van der Waals surface area contributed by atoms with E-state index in [-0.39, 0.29) is 22.9 Å². The summed E-state index contributed by atoms with van der Waals surface area (Å²) in [5.41, 5.74) is 1.32. The average Bonchev–Trinajstić information content (AvgIpc) is 2.66. The molecule has 1 atom stereocenters. The largest absolute Gasteiger partial charge is 0.345 e. The number of halogens is 1. The Morgan fingerprint density at radius 1 is 1.15 bits per heavy atom. The summed E-state index contributed by atoms with van der Waals surface area (Å²) in [5, 5.41) is 2.99. The van der Waals surface area contributed by atoms with E-state index in [9.17, 15) is 13.2 Å². The van der Waals surface area contributed by atoms with E-state index in [1.54, 1.807) is 26.0 Å². The van der Waals surface area contributed by atoms with E-state index in [1.165, 1.54) is 23.5 Å². The maximum atomic E-state index is 12.7. The fourth-order valence-electron chi connectivity index (χ4n) is 2.60. The first-order chi connectivity index (χ1) is 12.7. The van der Waals surface area contributed by atoms with Gasteiger partial charge < -0.3 is 5.32 Å². The highest BCUT2D eigenvalue weighted by Crippen LogP contribution is 2.21. The van der Waals surface area contributed by atoms with Crippen molar-refractivity contribution in [2.24, 2.45) is 0 Å². The van der Waals surface area contributed by atoms with Crippen LogP contribution in [0.4, 0.5) is 0 Å². The molecule has 2 rings (SSSR count). The Morgan fingerprint density at radius 2 is 1.78 bits per heavy atom. The Balaban J connectivity index is 2.25. The van der Waals surface area contributed by atoms with Crippen LogP contribution in [0.5, 0.6) is 0 Å².